The van der Waals surface area contributed by atoms with E-state index in [1.54, 1.807) is 0 Å². The quantitative estimate of drug-likeness (QED) is 0.739. The third-order valence-electron chi connectivity index (χ3n) is 3.36. The Morgan fingerprint density at radius 2 is 1.94 bits per heavy atom. The zero-order valence-electron chi connectivity index (χ0n) is 10.0. The normalized spacial score (nSPS) is 26.6. The van der Waals surface area contributed by atoms with Crippen molar-refractivity contribution in [1.29, 1.82) is 0 Å². The average molecular weight is 252 g/mol. The highest BCUT2D eigenvalue weighted by molar-refractivity contribution is 5.25. The first-order valence-corrected chi connectivity index (χ1v) is 6.15. The number of ether oxygens (including phenoxy) is 2. The third kappa shape index (κ3) is 2.01. The van der Waals surface area contributed by atoms with E-state index < -0.39 is 0 Å². The molecule has 0 aliphatic carbocycles. The van der Waals surface area contributed by atoms with Gasteiger partial charge in [0.1, 0.15) is 6.10 Å². The summed E-state index contributed by atoms with van der Waals surface area (Å²) in [4.78, 5) is 9.13. The van der Waals surface area contributed by atoms with Gasteiger partial charge in [-0.1, -0.05) is 0 Å². The Balaban J connectivity index is 1.97. The van der Waals surface area contributed by atoms with Crippen molar-refractivity contribution in [3.05, 3.63) is 22.8 Å². The van der Waals surface area contributed by atoms with Gasteiger partial charge in [0.05, 0.1) is 55.3 Å². The Labute approximate surface area is 105 Å². The largest absolute Gasteiger partial charge is 0.394 e. The summed E-state index contributed by atoms with van der Waals surface area (Å²) in [6, 6.07) is 0. The van der Waals surface area contributed by atoms with Crippen LogP contribution in [0.1, 0.15) is 28.9 Å². The Morgan fingerprint density at radius 1 is 1.06 bits per heavy atom. The van der Waals surface area contributed by atoms with Gasteiger partial charge in [0.25, 0.3) is 0 Å². The van der Waals surface area contributed by atoms with Crippen LogP contribution in [0.25, 0.3) is 0 Å². The van der Waals surface area contributed by atoms with Gasteiger partial charge in [-0.25, -0.2) is 0 Å². The van der Waals surface area contributed by atoms with E-state index in [-0.39, 0.29) is 25.4 Å². The minimum absolute atomic E-state index is 0.0157. The van der Waals surface area contributed by atoms with Crippen LogP contribution in [0.2, 0.25) is 0 Å². The number of aromatic nitrogens is 2. The number of nitrogens with zero attached hydrogens (tertiary/aromatic N) is 2. The lowest BCUT2D eigenvalue weighted by molar-refractivity contribution is -0.0148. The maximum absolute atomic E-state index is 9.28. The highest BCUT2D eigenvalue weighted by Crippen LogP contribution is 2.27. The monoisotopic (exact) mass is 252 g/mol. The fraction of sp³-hybridized carbons (Fsp3) is 0.667. The fourth-order valence-electron chi connectivity index (χ4n) is 2.38. The highest BCUT2D eigenvalue weighted by atomic mass is 16.5. The van der Waals surface area contributed by atoms with Gasteiger partial charge < -0.3 is 19.7 Å². The third-order valence-corrected chi connectivity index (χ3v) is 3.36. The summed E-state index contributed by atoms with van der Waals surface area (Å²) in [5, 5.41) is 18.4. The molecule has 2 aliphatic rings. The van der Waals surface area contributed by atoms with Gasteiger partial charge in [-0.2, -0.15) is 0 Å². The molecule has 6 nitrogen and oxygen atoms in total. The van der Waals surface area contributed by atoms with Crippen LogP contribution in [0.5, 0.6) is 0 Å². The molecule has 2 unspecified atom stereocenters. The van der Waals surface area contributed by atoms with Gasteiger partial charge in [-0.3, -0.25) is 9.97 Å². The predicted octanol–water partition coefficient (Wildman–Crippen LogP) is -0.484. The van der Waals surface area contributed by atoms with Gasteiger partial charge >= 0.3 is 0 Å². The molecule has 0 aromatic carbocycles. The van der Waals surface area contributed by atoms with E-state index in [1.807, 2.05) is 0 Å². The van der Waals surface area contributed by atoms with Gasteiger partial charge in [0, 0.05) is 12.8 Å². The summed E-state index contributed by atoms with van der Waals surface area (Å²) in [6.07, 6.45) is 0.698. The van der Waals surface area contributed by atoms with Crippen LogP contribution in [0.4, 0.5) is 0 Å². The van der Waals surface area contributed by atoms with Crippen LogP contribution in [0.3, 0.4) is 0 Å². The summed E-state index contributed by atoms with van der Waals surface area (Å²) in [5.74, 6) is 0. The summed E-state index contributed by atoms with van der Waals surface area (Å²) in [7, 11) is 0. The van der Waals surface area contributed by atoms with Gasteiger partial charge in [0.15, 0.2) is 0 Å². The van der Waals surface area contributed by atoms with Crippen molar-refractivity contribution < 1.29 is 19.7 Å². The van der Waals surface area contributed by atoms with Gasteiger partial charge in [-0.05, 0) is 0 Å². The molecule has 1 aromatic rings. The van der Waals surface area contributed by atoms with Crippen molar-refractivity contribution in [2.75, 3.05) is 19.8 Å². The summed E-state index contributed by atoms with van der Waals surface area (Å²) in [6.45, 7) is 0.857. The zero-order valence-corrected chi connectivity index (χ0v) is 10.0. The summed E-state index contributed by atoms with van der Waals surface area (Å²) in [5.41, 5.74) is 3.33. The second-order valence-electron chi connectivity index (χ2n) is 4.56. The van der Waals surface area contributed by atoms with E-state index >= 15 is 0 Å². The van der Waals surface area contributed by atoms with E-state index in [4.69, 9.17) is 14.6 Å². The maximum atomic E-state index is 9.28. The van der Waals surface area contributed by atoms with Crippen molar-refractivity contribution >= 4 is 0 Å². The van der Waals surface area contributed by atoms with Crippen LogP contribution < -0.4 is 0 Å². The predicted molar refractivity (Wildman–Crippen MR) is 60.9 cm³/mol. The minimum atomic E-state index is -0.373. The lowest BCUT2D eigenvalue weighted by atomic mass is 10.0. The molecule has 0 bridgehead atoms. The Bertz CT molecular complexity index is 452. The van der Waals surface area contributed by atoms with E-state index in [0.717, 1.165) is 29.2 Å². The highest BCUT2D eigenvalue weighted by Gasteiger charge is 2.28. The number of rotatable bonds is 2. The van der Waals surface area contributed by atoms with Crippen LogP contribution in [0.15, 0.2) is 0 Å². The molecule has 2 aliphatic heterocycles. The van der Waals surface area contributed by atoms with Crippen LogP contribution in [-0.2, 0) is 28.9 Å². The first-order valence-electron chi connectivity index (χ1n) is 6.15. The van der Waals surface area contributed by atoms with Gasteiger partial charge in [-0.15, -0.1) is 0 Å². The second-order valence-corrected chi connectivity index (χ2v) is 4.56. The fourth-order valence-corrected chi connectivity index (χ4v) is 2.38. The van der Waals surface area contributed by atoms with Crippen molar-refractivity contribution in [3.8, 4) is 0 Å². The number of fused-ring (bicyclic) bond motifs is 2. The molecular weight excluding hydrogens is 236 g/mol. The molecule has 0 saturated carbocycles. The lowest BCUT2D eigenvalue weighted by Crippen LogP contribution is -2.30. The van der Waals surface area contributed by atoms with Crippen molar-refractivity contribution in [2.45, 2.75) is 31.7 Å². The number of hydrogen-bond donors (Lipinski definition) is 2. The molecule has 98 valence electrons. The molecule has 0 spiro atoms. The van der Waals surface area contributed by atoms with Crippen LogP contribution in [0, 0.1) is 0 Å². The molecule has 18 heavy (non-hydrogen) atoms. The molecule has 0 radical (unpaired) electrons. The Kier molecular flexibility index (Phi) is 3.25. The SMILES string of the molecule is OCC1Cc2nc3c(nc2CO1)CCOC3CO. The molecule has 1 aromatic heterocycles. The lowest BCUT2D eigenvalue weighted by Gasteiger charge is -2.27. The smallest absolute Gasteiger partial charge is 0.124 e. The number of aliphatic hydroxyl groups is 2. The number of hydrogen-bond acceptors (Lipinski definition) is 6. The number of aliphatic hydroxyl groups excluding tert-OH is 2. The minimum Gasteiger partial charge on any atom is -0.394 e. The molecule has 3 heterocycles. The van der Waals surface area contributed by atoms with Crippen molar-refractivity contribution in [2.24, 2.45) is 0 Å². The second kappa shape index (κ2) is 4.89. The molecule has 2 N–H and O–H groups in total. The molecule has 0 fully saturated rings. The molecule has 0 saturated heterocycles. The molecule has 6 heteroatoms. The van der Waals surface area contributed by atoms with E-state index in [2.05, 4.69) is 9.97 Å². The Morgan fingerprint density at radius 3 is 2.72 bits per heavy atom. The molecule has 0 amide bonds. The van der Waals surface area contributed by atoms with E-state index in [9.17, 15) is 5.11 Å². The van der Waals surface area contributed by atoms with Crippen molar-refractivity contribution in [1.82, 2.24) is 9.97 Å². The van der Waals surface area contributed by atoms with E-state index in [0.29, 0.717) is 19.6 Å². The summed E-state index contributed by atoms with van der Waals surface area (Å²) >= 11 is 0. The van der Waals surface area contributed by atoms with E-state index in [1.165, 1.54) is 0 Å². The Hall–Kier alpha value is -1.08. The van der Waals surface area contributed by atoms with Crippen LogP contribution in [-0.4, -0.2) is 46.1 Å². The maximum Gasteiger partial charge on any atom is 0.124 e. The zero-order chi connectivity index (χ0) is 12.5. The first kappa shape index (κ1) is 12.0. The van der Waals surface area contributed by atoms with Crippen LogP contribution >= 0.6 is 0 Å². The van der Waals surface area contributed by atoms with Crippen molar-refractivity contribution in [3.63, 3.8) is 0 Å². The summed E-state index contributed by atoms with van der Waals surface area (Å²) < 4.78 is 10.9. The standard InChI is InChI=1S/C12H16N2O4/c15-4-7-3-9-10(6-18-7)13-8-1-2-17-11(5-16)12(8)14-9/h7,11,15-16H,1-6H2. The molecular formula is C12H16N2O4. The molecule has 3 rings (SSSR count). The topological polar surface area (TPSA) is 84.7 Å². The van der Waals surface area contributed by atoms with Gasteiger partial charge in [0.2, 0.25) is 0 Å². The first-order chi connectivity index (χ1) is 8.81. The average Bonchev–Trinajstić information content (AvgIpc) is 2.43. The molecule has 2 atom stereocenters.